The van der Waals surface area contributed by atoms with Gasteiger partial charge in [-0.05, 0) is 32.0 Å². The first-order valence-corrected chi connectivity index (χ1v) is 5.54. The van der Waals surface area contributed by atoms with Crippen molar-refractivity contribution in [2.45, 2.75) is 13.3 Å². The number of ether oxygens (including phenoxy) is 1. The fourth-order valence-corrected chi connectivity index (χ4v) is 1.39. The smallest absolute Gasteiger partial charge is 0.296 e. The summed E-state index contributed by atoms with van der Waals surface area (Å²) in [6.45, 7) is 3.49. The summed E-state index contributed by atoms with van der Waals surface area (Å²) in [4.78, 5) is 10.5. The molecule has 1 aromatic carbocycles. The van der Waals surface area contributed by atoms with E-state index in [0.717, 1.165) is 6.42 Å². The standard InChI is InChI=1S/C11H17N3O3/c1-2-17-9-4-5-10(13-7-3-6-12)11(8-9)14(15)16/h4-5,8,13H,2-3,6-7,12H2,1H3. The molecular weight excluding hydrogens is 222 g/mol. The topological polar surface area (TPSA) is 90.4 Å². The Balaban J connectivity index is 2.84. The molecule has 0 aliphatic carbocycles. The average molecular weight is 239 g/mol. The van der Waals surface area contributed by atoms with E-state index in [1.54, 1.807) is 12.1 Å². The number of hydrogen-bond donors (Lipinski definition) is 2. The highest BCUT2D eigenvalue weighted by Gasteiger charge is 2.14. The van der Waals surface area contributed by atoms with E-state index in [4.69, 9.17) is 10.5 Å². The molecule has 0 radical (unpaired) electrons. The molecule has 0 aliphatic heterocycles. The van der Waals surface area contributed by atoms with E-state index in [-0.39, 0.29) is 5.69 Å². The van der Waals surface area contributed by atoms with Crippen molar-refractivity contribution in [3.05, 3.63) is 28.3 Å². The van der Waals surface area contributed by atoms with Crippen LogP contribution in [0.4, 0.5) is 11.4 Å². The third kappa shape index (κ3) is 3.92. The van der Waals surface area contributed by atoms with Gasteiger partial charge in [-0.1, -0.05) is 0 Å². The number of hydrogen-bond acceptors (Lipinski definition) is 5. The first kappa shape index (κ1) is 13.2. The van der Waals surface area contributed by atoms with Crippen molar-refractivity contribution in [2.24, 2.45) is 5.73 Å². The zero-order valence-electron chi connectivity index (χ0n) is 9.81. The number of benzene rings is 1. The molecule has 0 aliphatic rings. The summed E-state index contributed by atoms with van der Waals surface area (Å²) in [6.07, 6.45) is 0.768. The maximum Gasteiger partial charge on any atom is 0.296 e. The summed E-state index contributed by atoms with van der Waals surface area (Å²) in [6, 6.07) is 4.79. The van der Waals surface area contributed by atoms with E-state index < -0.39 is 4.92 Å². The molecule has 1 aromatic rings. The van der Waals surface area contributed by atoms with Gasteiger partial charge in [0.05, 0.1) is 17.6 Å². The molecule has 0 fully saturated rings. The molecule has 0 atom stereocenters. The Morgan fingerprint density at radius 2 is 2.29 bits per heavy atom. The maximum absolute atomic E-state index is 10.9. The Labute approximate surface area is 99.9 Å². The average Bonchev–Trinajstić information content (AvgIpc) is 2.31. The second-order valence-corrected chi connectivity index (χ2v) is 3.44. The van der Waals surface area contributed by atoms with Crippen LogP contribution >= 0.6 is 0 Å². The van der Waals surface area contributed by atoms with Crippen LogP contribution in [0.1, 0.15) is 13.3 Å². The largest absolute Gasteiger partial charge is 0.494 e. The van der Waals surface area contributed by atoms with Gasteiger partial charge in [-0.15, -0.1) is 0 Å². The van der Waals surface area contributed by atoms with Gasteiger partial charge in [-0.2, -0.15) is 0 Å². The zero-order valence-corrected chi connectivity index (χ0v) is 9.81. The molecule has 0 heterocycles. The molecule has 94 valence electrons. The fraction of sp³-hybridized carbons (Fsp3) is 0.455. The van der Waals surface area contributed by atoms with Crippen molar-refractivity contribution >= 4 is 11.4 Å². The van der Waals surface area contributed by atoms with Gasteiger partial charge in [0.1, 0.15) is 11.4 Å². The van der Waals surface area contributed by atoms with Crippen LogP contribution in [0.3, 0.4) is 0 Å². The Kier molecular flexibility index (Phi) is 5.22. The van der Waals surface area contributed by atoms with Crippen LogP contribution in [0.5, 0.6) is 5.75 Å². The van der Waals surface area contributed by atoms with E-state index in [2.05, 4.69) is 5.32 Å². The van der Waals surface area contributed by atoms with Crippen molar-refractivity contribution in [1.29, 1.82) is 0 Å². The van der Waals surface area contributed by atoms with Crippen molar-refractivity contribution in [2.75, 3.05) is 25.0 Å². The summed E-state index contributed by atoms with van der Waals surface area (Å²) < 4.78 is 5.23. The highest BCUT2D eigenvalue weighted by Crippen LogP contribution is 2.28. The molecule has 0 amide bonds. The third-order valence-electron chi connectivity index (χ3n) is 2.17. The number of rotatable bonds is 7. The third-order valence-corrected chi connectivity index (χ3v) is 2.17. The fourth-order valence-electron chi connectivity index (χ4n) is 1.39. The lowest BCUT2D eigenvalue weighted by Gasteiger charge is -2.08. The number of nitro benzene ring substituents is 1. The van der Waals surface area contributed by atoms with Crippen molar-refractivity contribution in [3.8, 4) is 5.75 Å². The van der Waals surface area contributed by atoms with Crippen LogP contribution in [0.15, 0.2) is 18.2 Å². The summed E-state index contributed by atoms with van der Waals surface area (Å²) in [5.74, 6) is 0.503. The predicted octanol–water partition coefficient (Wildman–Crippen LogP) is 1.75. The highest BCUT2D eigenvalue weighted by molar-refractivity contribution is 5.63. The van der Waals surface area contributed by atoms with Gasteiger partial charge in [0.15, 0.2) is 0 Å². The first-order valence-electron chi connectivity index (χ1n) is 5.54. The molecule has 0 saturated carbocycles. The Morgan fingerprint density at radius 1 is 1.53 bits per heavy atom. The van der Waals surface area contributed by atoms with Crippen LogP contribution < -0.4 is 15.8 Å². The molecule has 0 unspecified atom stereocenters. The molecule has 0 spiro atoms. The number of nitrogens with one attached hydrogen (secondary N) is 1. The number of nitro groups is 1. The molecule has 0 saturated heterocycles. The lowest BCUT2D eigenvalue weighted by Crippen LogP contribution is -2.09. The second kappa shape index (κ2) is 6.70. The van der Waals surface area contributed by atoms with Gasteiger partial charge in [0.25, 0.3) is 5.69 Å². The van der Waals surface area contributed by atoms with Gasteiger partial charge >= 0.3 is 0 Å². The molecule has 1 rings (SSSR count). The molecule has 6 nitrogen and oxygen atoms in total. The minimum atomic E-state index is -0.423. The normalized spacial score (nSPS) is 10.0. The van der Waals surface area contributed by atoms with E-state index in [1.165, 1.54) is 6.07 Å². The quantitative estimate of drug-likeness (QED) is 0.430. The summed E-state index contributed by atoms with van der Waals surface area (Å²) in [5, 5.41) is 13.9. The number of nitrogens with zero attached hydrogens (tertiary/aromatic N) is 1. The van der Waals surface area contributed by atoms with Gasteiger partial charge in [-0.25, -0.2) is 0 Å². The SMILES string of the molecule is CCOc1ccc(NCCCN)c([N+](=O)[O-])c1. The molecule has 6 heteroatoms. The molecule has 0 aromatic heterocycles. The molecule has 3 N–H and O–H groups in total. The van der Waals surface area contributed by atoms with E-state index >= 15 is 0 Å². The lowest BCUT2D eigenvalue weighted by molar-refractivity contribution is -0.384. The summed E-state index contributed by atoms with van der Waals surface area (Å²) in [5.41, 5.74) is 5.87. The minimum Gasteiger partial charge on any atom is -0.494 e. The van der Waals surface area contributed by atoms with Gasteiger partial charge in [-0.3, -0.25) is 10.1 Å². The van der Waals surface area contributed by atoms with Crippen molar-refractivity contribution in [3.63, 3.8) is 0 Å². The highest BCUT2D eigenvalue weighted by atomic mass is 16.6. The molecule has 17 heavy (non-hydrogen) atoms. The van der Waals surface area contributed by atoms with E-state index in [1.807, 2.05) is 6.92 Å². The van der Waals surface area contributed by atoms with Gasteiger partial charge in [0.2, 0.25) is 0 Å². The van der Waals surface area contributed by atoms with Crippen LogP contribution in [0, 0.1) is 10.1 Å². The maximum atomic E-state index is 10.9. The number of nitrogens with two attached hydrogens (primary N) is 1. The summed E-state index contributed by atoms with van der Waals surface area (Å²) in [7, 11) is 0. The van der Waals surface area contributed by atoms with Crippen LogP contribution in [-0.2, 0) is 0 Å². The van der Waals surface area contributed by atoms with Crippen LogP contribution in [-0.4, -0.2) is 24.6 Å². The van der Waals surface area contributed by atoms with E-state index in [9.17, 15) is 10.1 Å². The van der Waals surface area contributed by atoms with E-state index in [0.29, 0.717) is 31.1 Å². The summed E-state index contributed by atoms with van der Waals surface area (Å²) >= 11 is 0. The van der Waals surface area contributed by atoms with Crippen molar-refractivity contribution in [1.82, 2.24) is 0 Å². The van der Waals surface area contributed by atoms with Crippen LogP contribution in [0.25, 0.3) is 0 Å². The minimum absolute atomic E-state index is 0.0213. The van der Waals surface area contributed by atoms with Crippen molar-refractivity contribution < 1.29 is 9.66 Å². The molecule has 0 bridgehead atoms. The number of anilines is 1. The Hall–Kier alpha value is -1.82. The lowest BCUT2D eigenvalue weighted by atomic mass is 10.2. The monoisotopic (exact) mass is 239 g/mol. The second-order valence-electron chi connectivity index (χ2n) is 3.44. The Morgan fingerprint density at radius 3 is 2.88 bits per heavy atom. The zero-order chi connectivity index (χ0) is 12.7. The first-order chi connectivity index (χ1) is 8.19. The molecular formula is C11H17N3O3. The Bertz CT molecular complexity index is 382. The predicted molar refractivity (Wildman–Crippen MR) is 66.4 cm³/mol. The van der Waals surface area contributed by atoms with Gasteiger partial charge in [0, 0.05) is 6.54 Å². The van der Waals surface area contributed by atoms with Gasteiger partial charge < -0.3 is 15.8 Å². The van der Waals surface area contributed by atoms with Crippen LogP contribution in [0.2, 0.25) is 0 Å².